The Kier molecular flexibility index (Phi) is 8.47. The van der Waals surface area contributed by atoms with Gasteiger partial charge in [0, 0.05) is 12.1 Å². The summed E-state index contributed by atoms with van der Waals surface area (Å²) in [7, 11) is 0. The molecule has 0 saturated carbocycles. The van der Waals surface area contributed by atoms with Crippen molar-refractivity contribution in [2.24, 2.45) is 0 Å². The van der Waals surface area contributed by atoms with Gasteiger partial charge in [-0.2, -0.15) is 4.68 Å². The fourth-order valence-corrected chi connectivity index (χ4v) is 4.79. The van der Waals surface area contributed by atoms with E-state index in [1.165, 1.54) is 17.2 Å². The molecule has 0 spiro atoms. The van der Waals surface area contributed by atoms with Crippen LogP contribution in [0.5, 0.6) is 0 Å². The van der Waals surface area contributed by atoms with Crippen LogP contribution in [0.1, 0.15) is 121 Å². The van der Waals surface area contributed by atoms with Crippen LogP contribution in [0.25, 0.3) is 0 Å². The lowest BCUT2D eigenvalue weighted by molar-refractivity contribution is -0.783. The van der Waals surface area contributed by atoms with Crippen molar-refractivity contribution in [3.8, 4) is 0 Å². The molecule has 0 aliphatic carbocycles. The Morgan fingerprint density at radius 1 is 0.607 bits per heavy atom. The number of aromatic nitrogens is 2. The van der Waals surface area contributed by atoms with E-state index < -0.39 is 0 Å². The molecular formula is C24H49N4+. The summed E-state index contributed by atoms with van der Waals surface area (Å²) in [5, 5.41) is 0. The molecule has 0 radical (unpaired) electrons. The van der Waals surface area contributed by atoms with Crippen LogP contribution in [0.3, 0.4) is 0 Å². The molecule has 28 heavy (non-hydrogen) atoms. The maximum absolute atomic E-state index is 2.64. The van der Waals surface area contributed by atoms with Gasteiger partial charge in [0.1, 0.15) is 6.04 Å². The van der Waals surface area contributed by atoms with Gasteiger partial charge in [0.25, 0.3) is 0 Å². The molecule has 4 heteroatoms. The highest BCUT2D eigenvalue weighted by atomic mass is 15.5. The van der Waals surface area contributed by atoms with Gasteiger partial charge in [-0.15, -0.1) is 0 Å². The second-order valence-electron chi connectivity index (χ2n) is 10.3. The molecule has 0 aliphatic heterocycles. The van der Waals surface area contributed by atoms with Crippen molar-refractivity contribution in [2.45, 2.75) is 139 Å². The summed E-state index contributed by atoms with van der Waals surface area (Å²) in [5.74, 6) is 1.84. The predicted octanol–water partition coefficient (Wildman–Crippen LogP) is 6.31. The zero-order valence-electron chi connectivity index (χ0n) is 21.3. The highest BCUT2D eigenvalue weighted by Crippen LogP contribution is 2.41. The first-order chi connectivity index (χ1) is 12.7. The minimum absolute atomic E-state index is 0.393. The molecule has 0 aliphatic rings. The molecule has 0 atom stereocenters. The first kappa shape index (κ1) is 24.8. The van der Waals surface area contributed by atoms with Gasteiger partial charge in [0.2, 0.25) is 0 Å². The van der Waals surface area contributed by atoms with Gasteiger partial charge in [-0.05, 0) is 89.0 Å². The SMILES string of the molecule is CC(C)c1c(N(C(C)C)C(C)C)c(N(C(C)C)C(C)C)[n+](C(C)C)n1C(C)C. The lowest BCUT2D eigenvalue weighted by atomic mass is 10.0. The number of hydrogen-bond donors (Lipinski definition) is 0. The zero-order valence-corrected chi connectivity index (χ0v) is 21.3. The Morgan fingerprint density at radius 2 is 1.00 bits per heavy atom. The molecule has 0 aromatic carbocycles. The van der Waals surface area contributed by atoms with Gasteiger partial charge in [0.05, 0.1) is 23.8 Å². The maximum Gasteiger partial charge on any atom is 0.322 e. The molecule has 1 heterocycles. The lowest BCUT2D eigenvalue weighted by Crippen LogP contribution is -2.53. The zero-order chi connectivity index (χ0) is 22.1. The monoisotopic (exact) mass is 393 g/mol. The van der Waals surface area contributed by atoms with Gasteiger partial charge in [-0.1, -0.05) is 13.8 Å². The molecule has 0 fully saturated rings. The molecule has 0 unspecified atom stereocenters. The molecule has 1 aromatic rings. The molecule has 1 aromatic heterocycles. The molecular weight excluding hydrogens is 344 g/mol. The van der Waals surface area contributed by atoms with E-state index >= 15 is 0 Å². The fraction of sp³-hybridized carbons (Fsp3) is 0.875. The standard InChI is InChI=1S/C24H49N4/c1-15(2)22-23(25(16(3)4)17(5)6)24(26(18(7)8)19(9)10)28(21(13)14)27(22)20(11)12/h15-21H,1-14H3/q+1. The topological polar surface area (TPSA) is 15.3 Å². The first-order valence-corrected chi connectivity index (χ1v) is 11.5. The van der Waals surface area contributed by atoms with E-state index in [0.717, 1.165) is 0 Å². The Labute approximate surface area is 175 Å². The van der Waals surface area contributed by atoms with E-state index in [4.69, 9.17) is 0 Å². The van der Waals surface area contributed by atoms with Crippen LogP contribution >= 0.6 is 0 Å². The highest BCUT2D eigenvalue weighted by Gasteiger charge is 2.41. The van der Waals surface area contributed by atoms with Crippen LogP contribution in [-0.4, -0.2) is 28.8 Å². The molecule has 1 rings (SSSR count). The van der Waals surface area contributed by atoms with Crippen LogP contribution in [0.4, 0.5) is 11.5 Å². The lowest BCUT2D eigenvalue weighted by Gasteiger charge is -2.35. The van der Waals surface area contributed by atoms with Crippen molar-refractivity contribution in [2.75, 3.05) is 9.80 Å². The molecule has 164 valence electrons. The Hall–Kier alpha value is -1.19. The summed E-state index contributed by atoms with van der Waals surface area (Å²) in [5.41, 5.74) is 2.90. The largest absolute Gasteiger partial charge is 0.358 e. The molecule has 0 amide bonds. The number of hydrogen-bond acceptors (Lipinski definition) is 2. The average molecular weight is 394 g/mol. The van der Waals surface area contributed by atoms with E-state index in [1.807, 2.05) is 0 Å². The first-order valence-electron chi connectivity index (χ1n) is 11.5. The second kappa shape index (κ2) is 9.54. The number of anilines is 2. The normalized spacial score (nSPS) is 12.8. The van der Waals surface area contributed by atoms with E-state index in [0.29, 0.717) is 42.2 Å². The van der Waals surface area contributed by atoms with Crippen molar-refractivity contribution in [3.05, 3.63) is 5.69 Å². The summed E-state index contributed by atoms with van der Waals surface area (Å²) in [6, 6.07) is 2.57. The Morgan fingerprint density at radius 3 is 1.25 bits per heavy atom. The second-order valence-corrected chi connectivity index (χ2v) is 10.3. The number of nitrogens with zero attached hydrogens (tertiary/aromatic N) is 4. The van der Waals surface area contributed by atoms with Crippen LogP contribution in [0.15, 0.2) is 0 Å². The third-order valence-corrected chi connectivity index (χ3v) is 5.40. The Balaban J connectivity index is 4.21. The minimum Gasteiger partial charge on any atom is -0.358 e. The van der Waals surface area contributed by atoms with E-state index in [2.05, 4.69) is 116 Å². The van der Waals surface area contributed by atoms with E-state index in [1.54, 1.807) is 0 Å². The minimum atomic E-state index is 0.393. The summed E-state index contributed by atoms with van der Waals surface area (Å²) in [6.07, 6.45) is 0. The predicted molar refractivity (Wildman–Crippen MR) is 125 cm³/mol. The highest BCUT2D eigenvalue weighted by molar-refractivity contribution is 5.70. The van der Waals surface area contributed by atoms with E-state index in [-0.39, 0.29) is 0 Å². The number of rotatable bonds is 9. The van der Waals surface area contributed by atoms with Crippen molar-refractivity contribution in [1.29, 1.82) is 0 Å². The summed E-state index contributed by atoms with van der Waals surface area (Å²) < 4.78 is 5.16. The van der Waals surface area contributed by atoms with Crippen LogP contribution in [0.2, 0.25) is 0 Å². The van der Waals surface area contributed by atoms with Crippen molar-refractivity contribution >= 4 is 11.5 Å². The quantitative estimate of drug-likeness (QED) is 0.457. The third kappa shape index (κ3) is 4.68. The third-order valence-electron chi connectivity index (χ3n) is 5.40. The Bertz CT molecular complexity index is 556. The summed E-state index contributed by atoms with van der Waals surface area (Å²) in [4.78, 5) is 5.26. The average Bonchev–Trinajstić information content (AvgIpc) is 2.82. The summed E-state index contributed by atoms with van der Waals surface area (Å²) in [6.45, 7) is 32.6. The molecule has 0 N–H and O–H groups in total. The van der Waals surface area contributed by atoms with Crippen molar-refractivity contribution in [3.63, 3.8) is 0 Å². The molecule has 0 saturated heterocycles. The van der Waals surface area contributed by atoms with Crippen LogP contribution < -0.4 is 14.5 Å². The smallest absolute Gasteiger partial charge is 0.322 e. The van der Waals surface area contributed by atoms with E-state index in [9.17, 15) is 0 Å². The van der Waals surface area contributed by atoms with Gasteiger partial charge in [0.15, 0.2) is 5.69 Å². The van der Waals surface area contributed by atoms with Crippen molar-refractivity contribution < 1.29 is 4.68 Å². The van der Waals surface area contributed by atoms with Crippen molar-refractivity contribution in [1.82, 2.24) is 4.68 Å². The molecule has 0 bridgehead atoms. The maximum atomic E-state index is 2.64. The van der Waals surface area contributed by atoms with Gasteiger partial charge < -0.3 is 4.90 Å². The van der Waals surface area contributed by atoms with Gasteiger partial charge >= 0.3 is 5.82 Å². The van der Waals surface area contributed by atoms with Gasteiger partial charge in [-0.25, -0.2) is 4.68 Å². The van der Waals surface area contributed by atoms with Crippen LogP contribution in [0, 0.1) is 0 Å². The van der Waals surface area contributed by atoms with Gasteiger partial charge in [-0.3, -0.25) is 4.90 Å². The summed E-state index contributed by atoms with van der Waals surface area (Å²) >= 11 is 0. The fourth-order valence-electron chi connectivity index (χ4n) is 4.79. The molecule has 4 nitrogen and oxygen atoms in total. The van der Waals surface area contributed by atoms with Crippen LogP contribution in [-0.2, 0) is 0 Å².